The van der Waals surface area contributed by atoms with E-state index in [0.717, 1.165) is 22.3 Å². The Kier molecular flexibility index (Phi) is 2.90. The number of nitrogen functional groups attached to an aromatic ring is 1. The Bertz CT molecular complexity index is 623. The lowest BCUT2D eigenvalue weighted by Gasteiger charge is -2.10. The van der Waals surface area contributed by atoms with Gasteiger partial charge in [-0.05, 0) is 35.4 Å². The Morgan fingerprint density at radius 3 is 1.47 bits per heavy atom. The fourth-order valence-electron chi connectivity index (χ4n) is 1.99. The molecule has 3 rings (SSSR count). The summed E-state index contributed by atoms with van der Waals surface area (Å²) < 4.78 is 0. The summed E-state index contributed by atoms with van der Waals surface area (Å²) in [5, 5.41) is 0. The van der Waals surface area contributed by atoms with Gasteiger partial charge in [0.1, 0.15) is 0 Å². The molecule has 0 radical (unpaired) electrons. The first kappa shape index (κ1) is 11.3. The maximum atomic E-state index is 6.27. The smallest absolute Gasteiger partial charge is 0.0504 e. The molecule has 19 heavy (non-hydrogen) atoms. The van der Waals surface area contributed by atoms with Gasteiger partial charge in [0.2, 0.25) is 0 Å². The van der Waals surface area contributed by atoms with Crippen LogP contribution in [0.4, 0.5) is 5.69 Å². The van der Waals surface area contributed by atoms with E-state index < -0.39 is 0 Å². The Morgan fingerprint density at radius 2 is 1.05 bits per heavy atom. The highest BCUT2D eigenvalue weighted by molar-refractivity contribution is 5.87. The summed E-state index contributed by atoms with van der Waals surface area (Å²) in [4.78, 5) is 12.3. The SMILES string of the molecule is Nc1c(-c2ccncc2)cncc1-c1ccncc1. The van der Waals surface area contributed by atoms with Gasteiger partial charge in [-0.3, -0.25) is 15.0 Å². The van der Waals surface area contributed by atoms with Crippen LogP contribution in [0.1, 0.15) is 0 Å². The molecular weight excluding hydrogens is 236 g/mol. The van der Waals surface area contributed by atoms with E-state index in [0.29, 0.717) is 5.69 Å². The van der Waals surface area contributed by atoms with Gasteiger partial charge in [0.15, 0.2) is 0 Å². The lowest BCUT2D eigenvalue weighted by Crippen LogP contribution is -1.95. The molecule has 3 aromatic heterocycles. The average Bonchev–Trinajstić information content (AvgIpc) is 2.49. The average molecular weight is 248 g/mol. The van der Waals surface area contributed by atoms with Crippen molar-refractivity contribution in [2.24, 2.45) is 0 Å². The van der Waals surface area contributed by atoms with Gasteiger partial charge in [-0.15, -0.1) is 0 Å². The minimum absolute atomic E-state index is 0.715. The summed E-state index contributed by atoms with van der Waals surface area (Å²) >= 11 is 0. The number of nitrogens with two attached hydrogens (primary N) is 1. The molecule has 0 aliphatic rings. The first-order valence-corrected chi connectivity index (χ1v) is 5.90. The number of pyridine rings is 3. The van der Waals surface area contributed by atoms with Crippen molar-refractivity contribution in [3.05, 3.63) is 61.4 Å². The number of anilines is 1. The van der Waals surface area contributed by atoms with Crippen LogP contribution in [0.15, 0.2) is 61.4 Å². The molecule has 0 unspecified atom stereocenters. The highest BCUT2D eigenvalue weighted by Gasteiger charge is 2.09. The van der Waals surface area contributed by atoms with Crippen LogP contribution >= 0.6 is 0 Å². The van der Waals surface area contributed by atoms with Crippen molar-refractivity contribution in [2.45, 2.75) is 0 Å². The number of hydrogen-bond donors (Lipinski definition) is 1. The molecule has 0 spiro atoms. The lowest BCUT2D eigenvalue weighted by atomic mass is 10.0. The molecule has 0 fully saturated rings. The van der Waals surface area contributed by atoms with Gasteiger partial charge in [0.25, 0.3) is 0 Å². The second-order valence-corrected chi connectivity index (χ2v) is 4.12. The zero-order valence-corrected chi connectivity index (χ0v) is 10.2. The zero-order valence-electron chi connectivity index (χ0n) is 10.2. The van der Waals surface area contributed by atoms with Crippen molar-refractivity contribution in [3.63, 3.8) is 0 Å². The monoisotopic (exact) mass is 248 g/mol. The molecule has 0 aromatic carbocycles. The summed E-state index contributed by atoms with van der Waals surface area (Å²) in [6.45, 7) is 0. The Hall–Kier alpha value is -2.75. The molecular formula is C15H12N4. The molecule has 3 heterocycles. The first-order valence-electron chi connectivity index (χ1n) is 5.90. The Balaban J connectivity index is 2.15. The molecule has 0 atom stereocenters. The second kappa shape index (κ2) is 4.86. The van der Waals surface area contributed by atoms with Gasteiger partial charge >= 0.3 is 0 Å². The zero-order chi connectivity index (χ0) is 13.1. The van der Waals surface area contributed by atoms with E-state index in [2.05, 4.69) is 15.0 Å². The van der Waals surface area contributed by atoms with E-state index in [1.165, 1.54) is 0 Å². The van der Waals surface area contributed by atoms with Crippen molar-refractivity contribution < 1.29 is 0 Å². The van der Waals surface area contributed by atoms with Crippen LogP contribution in [0.5, 0.6) is 0 Å². The van der Waals surface area contributed by atoms with Gasteiger partial charge in [0, 0.05) is 48.3 Å². The van der Waals surface area contributed by atoms with Gasteiger partial charge in [-0.1, -0.05) is 0 Å². The molecule has 0 bridgehead atoms. The summed E-state index contributed by atoms with van der Waals surface area (Å²) in [6.07, 6.45) is 10.5. The summed E-state index contributed by atoms with van der Waals surface area (Å²) in [7, 11) is 0. The molecule has 92 valence electrons. The van der Waals surface area contributed by atoms with Crippen molar-refractivity contribution >= 4 is 5.69 Å². The van der Waals surface area contributed by atoms with Gasteiger partial charge in [0.05, 0.1) is 5.69 Å². The molecule has 2 N–H and O–H groups in total. The third kappa shape index (κ3) is 2.15. The van der Waals surface area contributed by atoms with Crippen LogP contribution in [-0.2, 0) is 0 Å². The van der Waals surface area contributed by atoms with E-state index in [1.54, 1.807) is 37.2 Å². The second-order valence-electron chi connectivity index (χ2n) is 4.12. The van der Waals surface area contributed by atoms with Crippen molar-refractivity contribution in [1.82, 2.24) is 15.0 Å². The van der Waals surface area contributed by atoms with Gasteiger partial charge < -0.3 is 5.73 Å². The van der Waals surface area contributed by atoms with Crippen LogP contribution < -0.4 is 5.73 Å². The van der Waals surface area contributed by atoms with Gasteiger partial charge in [-0.25, -0.2) is 0 Å². The quantitative estimate of drug-likeness (QED) is 0.757. The topological polar surface area (TPSA) is 64.7 Å². The molecule has 0 saturated carbocycles. The van der Waals surface area contributed by atoms with Crippen molar-refractivity contribution in [3.8, 4) is 22.3 Å². The fraction of sp³-hybridized carbons (Fsp3) is 0. The standard InChI is InChI=1S/C15H12N4/c16-15-13(11-1-5-17-6-2-11)9-19-10-14(15)12-3-7-18-8-4-12/h1-10H,(H2,16,19). The summed E-state index contributed by atoms with van der Waals surface area (Å²) in [5.41, 5.74) is 10.8. The minimum atomic E-state index is 0.715. The molecule has 0 saturated heterocycles. The normalized spacial score (nSPS) is 10.3. The maximum absolute atomic E-state index is 6.27. The van der Waals surface area contributed by atoms with Gasteiger partial charge in [-0.2, -0.15) is 0 Å². The lowest BCUT2D eigenvalue weighted by molar-refractivity contribution is 1.29. The maximum Gasteiger partial charge on any atom is 0.0504 e. The highest BCUT2D eigenvalue weighted by atomic mass is 14.7. The molecule has 4 heteroatoms. The molecule has 0 aliphatic carbocycles. The van der Waals surface area contributed by atoms with Crippen LogP contribution in [0.3, 0.4) is 0 Å². The number of nitrogens with zero attached hydrogens (tertiary/aromatic N) is 3. The first-order chi connectivity index (χ1) is 9.36. The Labute approximate surface area is 111 Å². The van der Waals surface area contributed by atoms with Crippen LogP contribution in [0.2, 0.25) is 0 Å². The molecule has 0 aliphatic heterocycles. The van der Waals surface area contributed by atoms with E-state index >= 15 is 0 Å². The fourth-order valence-corrected chi connectivity index (χ4v) is 1.99. The van der Waals surface area contributed by atoms with Crippen LogP contribution in [0, 0.1) is 0 Å². The predicted molar refractivity (Wildman–Crippen MR) is 75.1 cm³/mol. The van der Waals surface area contributed by atoms with Crippen molar-refractivity contribution in [2.75, 3.05) is 5.73 Å². The van der Waals surface area contributed by atoms with E-state index in [9.17, 15) is 0 Å². The third-order valence-electron chi connectivity index (χ3n) is 2.97. The third-order valence-corrected chi connectivity index (χ3v) is 2.97. The minimum Gasteiger partial charge on any atom is -0.398 e. The van der Waals surface area contributed by atoms with Crippen LogP contribution in [0.25, 0.3) is 22.3 Å². The largest absolute Gasteiger partial charge is 0.398 e. The molecule has 0 amide bonds. The van der Waals surface area contributed by atoms with E-state index in [4.69, 9.17) is 5.73 Å². The van der Waals surface area contributed by atoms with Crippen LogP contribution in [-0.4, -0.2) is 15.0 Å². The number of rotatable bonds is 2. The predicted octanol–water partition coefficient (Wildman–Crippen LogP) is 2.79. The summed E-state index contributed by atoms with van der Waals surface area (Å²) in [5.74, 6) is 0. The Morgan fingerprint density at radius 1 is 0.632 bits per heavy atom. The molecule has 4 nitrogen and oxygen atoms in total. The van der Waals surface area contributed by atoms with E-state index in [1.807, 2.05) is 24.3 Å². The van der Waals surface area contributed by atoms with E-state index in [-0.39, 0.29) is 0 Å². The highest BCUT2D eigenvalue weighted by Crippen LogP contribution is 2.32. The number of aromatic nitrogens is 3. The molecule has 3 aromatic rings. The number of hydrogen-bond acceptors (Lipinski definition) is 4. The van der Waals surface area contributed by atoms with Crippen molar-refractivity contribution in [1.29, 1.82) is 0 Å². The summed E-state index contributed by atoms with van der Waals surface area (Å²) in [6, 6.07) is 7.68.